The Labute approximate surface area is 212 Å². The lowest BCUT2D eigenvalue weighted by Crippen LogP contribution is -2.13. The van der Waals surface area contributed by atoms with Crippen LogP contribution in [0.5, 0.6) is 0 Å². The molecule has 3 aromatic heterocycles. The molecule has 8 nitrogen and oxygen atoms in total. The van der Waals surface area contributed by atoms with Crippen molar-refractivity contribution >= 4 is 27.8 Å². The van der Waals surface area contributed by atoms with Crippen molar-refractivity contribution < 1.29 is 10.2 Å². The van der Waals surface area contributed by atoms with Crippen molar-refractivity contribution in [1.82, 2.24) is 24.8 Å². The molecule has 190 valence electrons. The number of aromatic nitrogens is 4. The lowest BCUT2D eigenvalue weighted by atomic mass is 10.2. The number of nitrogens with zero attached hydrogens (tertiary/aromatic N) is 4. The smallest absolute Gasteiger partial charge is 0.152 e. The van der Waals surface area contributed by atoms with E-state index >= 15 is 0 Å². The SMILES string of the molecule is CNCCCn1c(CCO)nc2c(N)nc3ccccc3c21.Cc1ccccc(C)cc(CO)nc1. The van der Waals surface area contributed by atoms with Gasteiger partial charge < -0.3 is 25.8 Å². The summed E-state index contributed by atoms with van der Waals surface area (Å²) >= 11 is 0. The monoisotopic (exact) mass is 488 g/mol. The van der Waals surface area contributed by atoms with E-state index in [-0.39, 0.29) is 13.2 Å². The molecule has 1 aromatic carbocycles. The van der Waals surface area contributed by atoms with Gasteiger partial charge in [0.2, 0.25) is 0 Å². The molecule has 0 fully saturated rings. The fraction of sp³-hybridized carbons (Fsp3) is 0.321. The molecule has 0 spiro atoms. The summed E-state index contributed by atoms with van der Waals surface area (Å²) in [6, 6.07) is 17.7. The first kappa shape index (κ1) is 27.0. The van der Waals surface area contributed by atoms with Crippen LogP contribution in [0.3, 0.4) is 0 Å². The molecule has 0 bridgehead atoms. The second kappa shape index (κ2) is 13.5. The van der Waals surface area contributed by atoms with Gasteiger partial charge in [0.1, 0.15) is 11.3 Å². The minimum atomic E-state index is -0.0291. The summed E-state index contributed by atoms with van der Waals surface area (Å²) in [5.74, 6) is 1.30. The topological polar surface area (TPSA) is 122 Å². The van der Waals surface area contributed by atoms with Crippen LogP contribution in [0.25, 0.3) is 21.9 Å². The Morgan fingerprint density at radius 3 is 2.42 bits per heavy atom. The largest absolute Gasteiger partial charge is 0.396 e. The van der Waals surface area contributed by atoms with E-state index in [9.17, 15) is 5.11 Å². The van der Waals surface area contributed by atoms with Crippen molar-refractivity contribution in [2.24, 2.45) is 0 Å². The highest BCUT2D eigenvalue weighted by atomic mass is 16.3. The minimum Gasteiger partial charge on any atom is -0.396 e. The third-order valence-electron chi connectivity index (χ3n) is 5.65. The average molecular weight is 489 g/mol. The standard InChI is InChI=1S/C16H21N5O.C12H15NO/c1-18-8-4-9-21-13(7-10-22)20-14-15(21)11-5-2-3-6-12(11)19-16(14)17;1-10-5-3-4-6-11(2)8-13-12(7-10)9-14/h2-3,5-6,18,22H,4,7-10H2,1H3,(H2,17,19);3-8,14H,9H2,1-2H3. The number of imidazole rings is 1. The maximum absolute atomic E-state index is 9.31. The van der Waals surface area contributed by atoms with Crippen molar-refractivity contribution in [3.8, 4) is 0 Å². The summed E-state index contributed by atoms with van der Waals surface area (Å²) in [6.45, 7) is 5.75. The fourth-order valence-corrected chi connectivity index (χ4v) is 3.93. The first-order chi connectivity index (χ1) is 17.5. The Morgan fingerprint density at radius 2 is 1.69 bits per heavy atom. The van der Waals surface area contributed by atoms with E-state index in [0.29, 0.717) is 17.9 Å². The number of hydrogen-bond donors (Lipinski definition) is 4. The van der Waals surface area contributed by atoms with Gasteiger partial charge in [-0.1, -0.05) is 42.5 Å². The molecular weight excluding hydrogens is 452 g/mol. The predicted octanol–water partition coefficient (Wildman–Crippen LogP) is 3.63. The number of hydrogen-bond acceptors (Lipinski definition) is 7. The number of fused-ring (bicyclic) bond motifs is 3. The highest BCUT2D eigenvalue weighted by Crippen LogP contribution is 2.29. The molecule has 0 saturated carbocycles. The Balaban J connectivity index is 0.000000223. The van der Waals surface area contributed by atoms with E-state index in [2.05, 4.69) is 24.8 Å². The molecule has 0 aliphatic heterocycles. The molecule has 4 rings (SSSR count). The van der Waals surface area contributed by atoms with Crippen LogP contribution < -0.4 is 11.1 Å². The lowest BCUT2D eigenvalue weighted by molar-refractivity contribution is 0.277. The van der Waals surface area contributed by atoms with E-state index in [4.69, 9.17) is 10.8 Å². The summed E-state index contributed by atoms with van der Waals surface area (Å²) in [7, 11) is 1.94. The molecule has 0 saturated heterocycles. The molecular formula is C28H36N6O2. The van der Waals surface area contributed by atoms with Crippen molar-refractivity contribution in [3.63, 3.8) is 0 Å². The van der Waals surface area contributed by atoms with Crippen molar-refractivity contribution in [2.45, 2.75) is 39.8 Å². The van der Waals surface area contributed by atoms with Crippen molar-refractivity contribution in [1.29, 1.82) is 0 Å². The Bertz CT molecular complexity index is 1350. The summed E-state index contributed by atoms with van der Waals surface area (Å²) in [5, 5.41) is 22.5. The molecule has 36 heavy (non-hydrogen) atoms. The molecule has 3 heterocycles. The van der Waals surface area contributed by atoms with Gasteiger partial charge in [-0.2, -0.15) is 0 Å². The quantitative estimate of drug-likeness (QED) is 0.293. The van der Waals surface area contributed by atoms with Crippen molar-refractivity contribution in [3.05, 3.63) is 83.4 Å². The van der Waals surface area contributed by atoms with E-state index in [1.807, 2.05) is 75.5 Å². The Kier molecular flexibility index (Phi) is 10.1. The number of nitrogen functional groups attached to an aromatic ring is 1. The summed E-state index contributed by atoms with van der Waals surface area (Å²) < 4.78 is 2.17. The van der Waals surface area contributed by atoms with Gasteiger partial charge in [0.15, 0.2) is 5.82 Å². The normalized spacial score (nSPS) is 10.7. The van der Waals surface area contributed by atoms with Crippen LogP contribution in [-0.4, -0.2) is 49.9 Å². The number of rotatable bonds is 7. The highest BCUT2D eigenvalue weighted by molar-refractivity contribution is 6.06. The van der Waals surface area contributed by atoms with Gasteiger partial charge in [-0.25, -0.2) is 9.97 Å². The first-order valence-corrected chi connectivity index (χ1v) is 12.1. The van der Waals surface area contributed by atoms with Gasteiger partial charge in [-0.3, -0.25) is 4.98 Å². The van der Waals surface area contributed by atoms with Crippen molar-refractivity contribution in [2.75, 3.05) is 25.9 Å². The number of pyridine rings is 1. The van der Waals surface area contributed by atoms with Crippen LogP contribution in [-0.2, 0) is 19.6 Å². The lowest BCUT2D eigenvalue weighted by Gasteiger charge is -2.10. The minimum absolute atomic E-state index is 0.0291. The summed E-state index contributed by atoms with van der Waals surface area (Å²) in [4.78, 5) is 13.2. The highest BCUT2D eigenvalue weighted by Gasteiger charge is 2.16. The average Bonchev–Trinajstić information content (AvgIpc) is 3.24. The Hall–Kier alpha value is -3.59. The third kappa shape index (κ3) is 6.97. The number of benzene rings is 1. The van der Waals surface area contributed by atoms with Gasteiger partial charge in [0.25, 0.3) is 0 Å². The van der Waals surface area contributed by atoms with Crippen LogP contribution in [0.15, 0.2) is 60.8 Å². The maximum atomic E-state index is 9.31. The molecule has 0 radical (unpaired) electrons. The number of nitrogens with one attached hydrogen (secondary N) is 1. The second-order valence-electron chi connectivity index (χ2n) is 8.58. The van der Waals surface area contributed by atoms with E-state index in [0.717, 1.165) is 58.4 Å². The zero-order chi connectivity index (χ0) is 25.9. The van der Waals surface area contributed by atoms with Crippen LogP contribution in [0.1, 0.15) is 29.1 Å². The van der Waals surface area contributed by atoms with Gasteiger partial charge >= 0.3 is 0 Å². The van der Waals surface area contributed by atoms with E-state index in [1.165, 1.54) is 0 Å². The van der Waals surface area contributed by atoms with Gasteiger partial charge in [0.05, 0.1) is 29.9 Å². The molecule has 0 atom stereocenters. The molecule has 0 aliphatic rings. The molecule has 0 amide bonds. The molecule has 4 aromatic rings. The molecule has 0 unspecified atom stereocenters. The molecule has 8 heteroatoms. The number of aliphatic hydroxyl groups is 2. The van der Waals surface area contributed by atoms with Gasteiger partial charge in [0, 0.05) is 24.5 Å². The summed E-state index contributed by atoms with van der Waals surface area (Å²) in [6.07, 6.45) is 3.25. The molecule has 0 aliphatic carbocycles. The van der Waals surface area contributed by atoms with Crippen LogP contribution in [0, 0.1) is 13.8 Å². The zero-order valence-corrected chi connectivity index (χ0v) is 21.3. The van der Waals surface area contributed by atoms with E-state index in [1.54, 1.807) is 6.20 Å². The molecule has 5 N–H and O–H groups in total. The first-order valence-electron chi connectivity index (χ1n) is 12.1. The van der Waals surface area contributed by atoms with Gasteiger partial charge in [-0.15, -0.1) is 0 Å². The van der Waals surface area contributed by atoms with Gasteiger partial charge in [-0.05, 0) is 57.1 Å². The predicted molar refractivity (Wildman–Crippen MR) is 146 cm³/mol. The zero-order valence-electron chi connectivity index (χ0n) is 21.3. The van der Waals surface area contributed by atoms with Crippen LogP contribution in [0.4, 0.5) is 5.82 Å². The maximum Gasteiger partial charge on any atom is 0.152 e. The number of anilines is 1. The number of para-hydroxylation sites is 1. The Morgan fingerprint density at radius 1 is 0.972 bits per heavy atom. The summed E-state index contributed by atoms with van der Waals surface area (Å²) in [5.41, 5.74) is 11.5. The van der Waals surface area contributed by atoms with Crippen LogP contribution in [0.2, 0.25) is 0 Å². The second-order valence-corrected chi connectivity index (χ2v) is 8.58. The fourth-order valence-electron chi connectivity index (χ4n) is 3.93. The van der Waals surface area contributed by atoms with Crippen LogP contribution >= 0.6 is 0 Å². The third-order valence-corrected chi connectivity index (χ3v) is 5.65. The number of aryl methyl sites for hydroxylation is 3. The number of nitrogens with two attached hydrogens (primary N) is 1. The number of aliphatic hydroxyl groups excluding tert-OH is 2. The van der Waals surface area contributed by atoms with E-state index < -0.39 is 0 Å².